The highest BCUT2D eigenvalue weighted by atomic mass is 32.1. The van der Waals surface area contributed by atoms with Crippen LogP contribution in [0.25, 0.3) is 16.2 Å². The predicted octanol–water partition coefficient (Wildman–Crippen LogP) is 9.08. The van der Waals surface area contributed by atoms with Crippen LogP contribution in [0.3, 0.4) is 0 Å². The lowest BCUT2D eigenvalue weighted by atomic mass is 9.86. The van der Waals surface area contributed by atoms with Crippen molar-refractivity contribution in [3.05, 3.63) is 111 Å². The van der Waals surface area contributed by atoms with Gasteiger partial charge in [0, 0.05) is 15.0 Å². The summed E-state index contributed by atoms with van der Waals surface area (Å²) in [7, 11) is 0. The first-order valence-corrected chi connectivity index (χ1v) is 12.4. The van der Waals surface area contributed by atoms with Gasteiger partial charge in [-0.1, -0.05) is 74.5 Å². The third kappa shape index (κ3) is 4.17. The normalized spacial score (nSPS) is 14.4. The molecule has 1 saturated carbocycles. The van der Waals surface area contributed by atoms with Gasteiger partial charge >= 0.3 is 0 Å². The molecule has 0 amide bonds. The number of halogens is 1. The topological polar surface area (TPSA) is 0 Å². The molecule has 0 radical (unpaired) electrons. The van der Waals surface area contributed by atoms with E-state index in [-0.39, 0.29) is 11.2 Å². The van der Waals surface area contributed by atoms with Gasteiger partial charge in [0.2, 0.25) is 0 Å². The lowest BCUT2D eigenvalue weighted by Crippen LogP contribution is -2.11. The maximum Gasteiger partial charge on any atom is 0.123 e. The number of rotatable bonds is 5. The van der Waals surface area contributed by atoms with Crippen molar-refractivity contribution in [2.24, 2.45) is 0 Å². The van der Waals surface area contributed by atoms with Crippen LogP contribution in [0.5, 0.6) is 0 Å². The van der Waals surface area contributed by atoms with Crippen LogP contribution < -0.4 is 0 Å². The van der Waals surface area contributed by atoms with Crippen molar-refractivity contribution in [2.45, 2.75) is 52.4 Å². The predicted molar refractivity (Wildman–Crippen MR) is 138 cm³/mol. The van der Waals surface area contributed by atoms with Gasteiger partial charge in [0.25, 0.3) is 0 Å². The van der Waals surface area contributed by atoms with Crippen LogP contribution in [0.2, 0.25) is 0 Å². The highest BCUT2D eigenvalue weighted by Crippen LogP contribution is 2.58. The molecule has 1 aliphatic carbocycles. The van der Waals surface area contributed by atoms with Gasteiger partial charge < -0.3 is 0 Å². The van der Waals surface area contributed by atoms with E-state index in [1.54, 1.807) is 12.1 Å². The van der Waals surface area contributed by atoms with Gasteiger partial charge in [0.05, 0.1) is 0 Å². The van der Waals surface area contributed by atoms with Gasteiger partial charge in [-0.25, -0.2) is 4.39 Å². The molecule has 2 heteroatoms. The zero-order valence-electron chi connectivity index (χ0n) is 19.4. The molecule has 5 rings (SSSR count). The Morgan fingerprint density at radius 3 is 2.34 bits per heavy atom. The largest absolute Gasteiger partial charge is 0.207 e. The molecule has 32 heavy (non-hydrogen) atoms. The Morgan fingerprint density at radius 1 is 0.969 bits per heavy atom. The van der Waals surface area contributed by atoms with Gasteiger partial charge in [0.15, 0.2) is 0 Å². The van der Waals surface area contributed by atoms with Crippen molar-refractivity contribution in [3.63, 3.8) is 0 Å². The van der Waals surface area contributed by atoms with Crippen molar-refractivity contribution in [1.29, 1.82) is 0 Å². The van der Waals surface area contributed by atoms with Gasteiger partial charge in [-0.3, -0.25) is 0 Å². The number of aryl methyl sites for hydroxylation is 1. The first-order valence-electron chi connectivity index (χ1n) is 11.6. The molecule has 0 N–H and O–H groups in total. The first kappa shape index (κ1) is 22.5. The Hall–Kier alpha value is -2.71. The van der Waals surface area contributed by atoms with Crippen LogP contribution in [-0.4, -0.2) is 0 Å². The van der Waals surface area contributed by atoms with Crippen LogP contribution in [0.1, 0.15) is 66.3 Å². The SMILES string of the molecule is C/C=C/c1ccc(Cc2c(C3(c4ccc(F)cc4C)CC3)sc3ccccc23)cc1.CC. The molecule has 0 unspecified atom stereocenters. The summed E-state index contributed by atoms with van der Waals surface area (Å²) in [5.41, 5.74) is 6.40. The van der Waals surface area contributed by atoms with E-state index in [1.807, 2.05) is 45.1 Å². The molecule has 0 nitrogen and oxygen atoms in total. The maximum atomic E-state index is 13.8. The molecular formula is C30H31FS. The van der Waals surface area contributed by atoms with E-state index in [4.69, 9.17) is 0 Å². The number of hydrogen-bond acceptors (Lipinski definition) is 1. The fourth-order valence-corrected chi connectivity index (χ4v) is 6.19. The Morgan fingerprint density at radius 2 is 1.69 bits per heavy atom. The van der Waals surface area contributed by atoms with E-state index in [1.165, 1.54) is 37.2 Å². The fraction of sp³-hybridized carbons (Fsp3) is 0.267. The van der Waals surface area contributed by atoms with Crippen LogP contribution in [-0.2, 0) is 11.8 Å². The highest BCUT2D eigenvalue weighted by molar-refractivity contribution is 7.19. The molecule has 0 spiro atoms. The molecule has 0 saturated heterocycles. The molecule has 1 heterocycles. The van der Waals surface area contributed by atoms with Gasteiger partial charge in [0.1, 0.15) is 5.82 Å². The summed E-state index contributed by atoms with van der Waals surface area (Å²) >= 11 is 1.93. The molecule has 1 aromatic heterocycles. The van der Waals surface area contributed by atoms with Crippen LogP contribution in [0.15, 0.2) is 72.8 Å². The maximum absolute atomic E-state index is 13.8. The quantitative estimate of drug-likeness (QED) is 0.289. The monoisotopic (exact) mass is 442 g/mol. The van der Waals surface area contributed by atoms with E-state index in [2.05, 4.69) is 60.7 Å². The fourth-order valence-electron chi connectivity index (χ4n) is 4.71. The molecule has 1 fully saturated rings. The van der Waals surface area contributed by atoms with Crippen molar-refractivity contribution in [3.8, 4) is 0 Å². The number of fused-ring (bicyclic) bond motifs is 1. The molecule has 0 aliphatic heterocycles. The van der Waals surface area contributed by atoms with Crippen LogP contribution in [0.4, 0.5) is 4.39 Å². The third-order valence-electron chi connectivity index (χ3n) is 6.31. The van der Waals surface area contributed by atoms with Crippen molar-refractivity contribution in [2.75, 3.05) is 0 Å². The molecule has 164 valence electrons. The zero-order chi connectivity index (χ0) is 22.7. The molecular weight excluding hydrogens is 411 g/mol. The third-order valence-corrected chi connectivity index (χ3v) is 7.72. The van der Waals surface area contributed by atoms with Crippen molar-refractivity contribution in [1.82, 2.24) is 0 Å². The smallest absolute Gasteiger partial charge is 0.123 e. The Bertz CT molecular complexity index is 1240. The summed E-state index contributed by atoms with van der Waals surface area (Å²) < 4.78 is 15.1. The van der Waals surface area contributed by atoms with Crippen molar-refractivity contribution >= 4 is 27.5 Å². The zero-order valence-corrected chi connectivity index (χ0v) is 20.2. The Kier molecular flexibility index (Phi) is 6.62. The minimum Gasteiger partial charge on any atom is -0.207 e. The van der Waals surface area contributed by atoms with E-state index in [0.29, 0.717) is 0 Å². The number of hydrogen-bond donors (Lipinski definition) is 0. The number of allylic oxidation sites excluding steroid dienone is 1. The van der Waals surface area contributed by atoms with Gasteiger partial charge in [-0.15, -0.1) is 11.3 Å². The standard InChI is InChI=1S/C28H25FS.C2H6/c1-3-6-20-9-11-21(12-10-20)18-24-23-7-4-5-8-26(23)30-27(24)28(15-16-28)25-14-13-22(29)17-19(25)2;1-2/h3-14,17H,15-16,18H2,1-2H3;1-2H3/b6-3+;. The molecule has 0 atom stereocenters. The second kappa shape index (κ2) is 9.42. The Labute approximate surface area is 195 Å². The average molecular weight is 443 g/mol. The van der Waals surface area contributed by atoms with Crippen LogP contribution >= 0.6 is 11.3 Å². The van der Waals surface area contributed by atoms with E-state index in [9.17, 15) is 4.39 Å². The molecule has 3 aromatic carbocycles. The average Bonchev–Trinajstić information content (AvgIpc) is 3.52. The molecule has 4 aromatic rings. The minimum atomic E-state index is -0.148. The van der Waals surface area contributed by atoms with Crippen molar-refractivity contribution < 1.29 is 4.39 Å². The number of benzene rings is 3. The second-order valence-corrected chi connectivity index (χ2v) is 9.42. The van der Waals surface area contributed by atoms with Gasteiger partial charge in [-0.05, 0) is 84.5 Å². The lowest BCUT2D eigenvalue weighted by molar-refractivity contribution is 0.624. The molecule has 1 aliphatic rings. The summed E-state index contributed by atoms with van der Waals surface area (Å²) in [6, 6.07) is 22.9. The van der Waals surface area contributed by atoms with E-state index in [0.717, 1.165) is 24.8 Å². The summed E-state index contributed by atoms with van der Waals surface area (Å²) in [5.74, 6) is -0.148. The Balaban J connectivity index is 0.00000119. The van der Waals surface area contributed by atoms with Gasteiger partial charge in [-0.2, -0.15) is 0 Å². The summed E-state index contributed by atoms with van der Waals surface area (Å²) in [6.07, 6.45) is 7.41. The molecule has 0 bridgehead atoms. The number of thiophene rings is 1. The lowest BCUT2D eigenvalue weighted by Gasteiger charge is -2.19. The summed E-state index contributed by atoms with van der Waals surface area (Å²) in [6.45, 7) is 8.09. The first-order chi connectivity index (χ1) is 15.6. The summed E-state index contributed by atoms with van der Waals surface area (Å²) in [4.78, 5) is 1.47. The second-order valence-electron chi connectivity index (χ2n) is 8.37. The highest BCUT2D eigenvalue weighted by Gasteiger charge is 2.49. The van der Waals surface area contributed by atoms with E-state index < -0.39 is 0 Å². The minimum absolute atomic E-state index is 0.0433. The summed E-state index contributed by atoms with van der Waals surface area (Å²) in [5, 5.41) is 1.36. The van der Waals surface area contributed by atoms with Crippen LogP contribution in [0, 0.1) is 12.7 Å². The van der Waals surface area contributed by atoms with E-state index >= 15 is 0 Å².